The summed E-state index contributed by atoms with van der Waals surface area (Å²) < 4.78 is 21.2. The van der Waals surface area contributed by atoms with Crippen LogP contribution in [-0.4, -0.2) is 42.0 Å². The van der Waals surface area contributed by atoms with Crippen LogP contribution < -0.4 is 15.4 Å². The lowest BCUT2D eigenvalue weighted by molar-refractivity contribution is 0.214. The van der Waals surface area contributed by atoms with Crippen molar-refractivity contribution in [2.75, 3.05) is 20.1 Å². The van der Waals surface area contributed by atoms with Crippen LogP contribution in [0.15, 0.2) is 72.0 Å². The fourth-order valence-electron chi connectivity index (χ4n) is 2.80. The van der Waals surface area contributed by atoms with Gasteiger partial charge in [0, 0.05) is 19.8 Å². The number of aromatic nitrogens is 2. The molecule has 0 amide bonds. The molecule has 0 radical (unpaired) electrons. The third-order valence-electron chi connectivity index (χ3n) is 4.31. The summed E-state index contributed by atoms with van der Waals surface area (Å²) >= 11 is 0. The van der Waals surface area contributed by atoms with Gasteiger partial charge in [-0.1, -0.05) is 30.3 Å². The quantitative estimate of drug-likeness (QED) is 0.268. The Morgan fingerprint density at radius 1 is 1.13 bits per heavy atom. The Hall–Kier alpha value is -2.62. The first-order valence-electron chi connectivity index (χ1n) is 9.60. The maximum Gasteiger partial charge on any atom is 0.191 e. The summed E-state index contributed by atoms with van der Waals surface area (Å²) in [5, 5.41) is 10.9. The first-order valence-corrected chi connectivity index (χ1v) is 9.60. The Morgan fingerprint density at radius 2 is 1.87 bits per heavy atom. The molecule has 1 heterocycles. The van der Waals surface area contributed by atoms with Crippen LogP contribution >= 0.6 is 24.0 Å². The third-order valence-corrected chi connectivity index (χ3v) is 4.31. The van der Waals surface area contributed by atoms with Gasteiger partial charge in [0.1, 0.15) is 6.10 Å². The van der Waals surface area contributed by atoms with Gasteiger partial charge in [0.25, 0.3) is 0 Å². The van der Waals surface area contributed by atoms with Gasteiger partial charge in [0.15, 0.2) is 17.5 Å². The van der Waals surface area contributed by atoms with Crippen LogP contribution in [0.2, 0.25) is 0 Å². The van der Waals surface area contributed by atoms with Gasteiger partial charge in [-0.15, -0.1) is 24.0 Å². The Kier molecular flexibility index (Phi) is 9.59. The van der Waals surface area contributed by atoms with Crippen LogP contribution in [0, 0.1) is 5.82 Å². The second kappa shape index (κ2) is 12.2. The molecule has 1 aromatic heterocycles. The summed E-state index contributed by atoms with van der Waals surface area (Å²) in [6.45, 7) is 3.09. The second-order valence-corrected chi connectivity index (χ2v) is 6.62. The first-order chi connectivity index (χ1) is 14.2. The van der Waals surface area contributed by atoms with Crippen molar-refractivity contribution in [2.24, 2.45) is 4.99 Å². The molecule has 160 valence electrons. The molecule has 6 nitrogen and oxygen atoms in total. The first kappa shape index (κ1) is 23.7. The average molecular weight is 523 g/mol. The van der Waals surface area contributed by atoms with Gasteiger partial charge in [-0.3, -0.25) is 4.99 Å². The second-order valence-electron chi connectivity index (χ2n) is 6.62. The van der Waals surface area contributed by atoms with Crippen molar-refractivity contribution < 1.29 is 9.13 Å². The lowest BCUT2D eigenvalue weighted by Gasteiger charge is -2.18. The van der Waals surface area contributed by atoms with Crippen LogP contribution in [0.1, 0.15) is 12.5 Å². The molecule has 1 unspecified atom stereocenters. The van der Waals surface area contributed by atoms with E-state index in [-0.39, 0.29) is 41.6 Å². The van der Waals surface area contributed by atoms with Crippen molar-refractivity contribution in [1.29, 1.82) is 0 Å². The zero-order valence-electron chi connectivity index (χ0n) is 17.1. The summed E-state index contributed by atoms with van der Waals surface area (Å²) in [6.07, 6.45) is 4.50. The zero-order valence-corrected chi connectivity index (χ0v) is 19.4. The minimum absolute atomic E-state index is 0. The molecule has 8 heteroatoms. The van der Waals surface area contributed by atoms with Crippen LogP contribution in [0.4, 0.5) is 4.39 Å². The van der Waals surface area contributed by atoms with E-state index in [4.69, 9.17) is 4.74 Å². The van der Waals surface area contributed by atoms with Crippen molar-refractivity contribution >= 4 is 29.9 Å². The van der Waals surface area contributed by atoms with Crippen molar-refractivity contribution in [3.8, 4) is 11.4 Å². The molecule has 0 saturated heterocycles. The molecule has 0 aliphatic heterocycles. The molecule has 2 N–H and O–H groups in total. The molecule has 0 aliphatic rings. The Morgan fingerprint density at radius 3 is 2.60 bits per heavy atom. The minimum Gasteiger partial charge on any atom is -0.486 e. The number of para-hydroxylation sites is 2. The van der Waals surface area contributed by atoms with Crippen LogP contribution in [0.25, 0.3) is 5.69 Å². The molecule has 3 rings (SSSR count). The summed E-state index contributed by atoms with van der Waals surface area (Å²) in [5.74, 6) is 0.558. The maximum atomic E-state index is 13.7. The van der Waals surface area contributed by atoms with E-state index in [9.17, 15) is 4.39 Å². The SMILES string of the molecule is CN=C(NCCc1cnn(-c2ccccc2)c1)NCC(C)Oc1ccccc1F.I. The monoisotopic (exact) mass is 523 g/mol. The number of rotatable bonds is 8. The Bertz CT molecular complexity index is 932. The molecule has 0 bridgehead atoms. The molecule has 0 spiro atoms. The topological polar surface area (TPSA) is 63.5 Å². The van der Waals surface area contributed by atoms with E-state index in [0.29, 0.717) is 19.0 Å². The highest BCUT2D eigenvalue weighted by Gasteiger charge is 2.09. The van der Waals surface area contributed by atoms with Gasteiger partial charge in [-0.05, 0) is 43.2 Å². The predicted octanol–water partition coefficient (Wildman–Crippen LogP) is 3.80. The fourth-order valence-corrected chi connectivity index (χ4v) is 2.80. The molecule has 0 saturated carbocycles. The van der Waals surface area contributed by atoms with Crippen molar-refractivity contribution in [3.05, 3.63) is 78.4 Å². The highest BCUT2D eigenvalue weighted by molar-refractivity contribution is 14.0. The van der Waals surface area contributed by atoms with Gasteiger partial charge in [0.2, 0.25) is 0 Å². The fraction of sp³-hybridized carbons (Fsp3) is 0.273. The van der Waals surface area contributed by atoms with E-state index in [1.165, 1.54) is 6.07 Å². The van der Waals surface area contributed by atoms with Gasteiger partial charge in [-0.25, -0.2) is 9.07 Å². The van der Waals surface area contributed by atoms with Crippen molar-refractivity contribution in [3.63, 3.8) is 0 Å². The number of nitrogens with one attached hydrogen (secondary N) is 2. The van der Waals surface area contributed by atoms with Crippen molar-refractivity contribution in [1.82, 2.24) is 20.4 Å². The molecule has 1 atom stereocenters. The summed E-state index contributed by atoms with van der Waals surface area (Å²) in [4.78, 5) is 4.21. The maximum absolute atomic E-state index is 13.7. The number of ether oxygens (including phenoxy) is 1. The normalized spacial score (nSPS) is 12.0. The van der Waals surface area contributed by atoms with Gasteiger partial charge in [0.05, 0.1) is 18.4 Å². The number of aliphatic imine (C=N–C) groups is 1. The van der Waals surface area contributed by atoms with E-state index >= 15 is 0 Å². The van der Waals surface area contributed by atoms with Crippen LogP contribution in [0.3, 0.4) is 0 Å². The van der Waals surface area contributed by atoms with Crippen LogP contribution in [-0.2, 0) is 6.42 Å². The number of nitrogens with zero attached hydrogens (tertiary/aromatic N) is 3. The van der Waals surface area contributed by atoms with E-state index in [2.05, 4.69) is 20.7 Å². The Labute approximate surface area is 193 Å². The van der Waals surface area contributed by atoms with Gasteiger partial charge in [-0.2, -0.15) is 5.10 Å². The molecule has 30 heavy (non-hydrogen) atoms. The molecule has 0 aliphatic carbocycles. The number of halogens is 2. The minimum atomic E-state index is -0.363. The molecule has 2 aromatic carbocycles. The average Bonchev–Trinajstić information content (AvgIpc) is 3.22. The molecular weight excluding hydrogens is 496 g/mol. The van der Waals surface area contributed by atoms with E-state index in [1.807, 2.05) is 54.3 Å². The Balaban J connectivity index is 0.00000320. The van der Waals surface area contributed by atoms with E-state index < -0.39 is 0 Å². The van der Waals surface area contributed by atoms with Gasteiger partial charge >= 0.3 is 0 Å². The summed E-state index contributed by atoms with van der Waals surface area (Å²) in [6, 6.07) is 16.4. The molecule has 3 aromatic rings. The standard InChI is InChI=1S/C22H26FN5O.HI/c1-17(29-21-11-7-6-10-20(21)23)14-26-22(24-2)25-13-12-18-15-27-28(16-18)19-8-4-3-5-9-19;/h3-11,15-17H,12-14H2,1-2H3,(H2,24,25,26);1H. The lowest BCUT2D eigenvalue weighted by atomic mass is 10.2. The van der Waals surface area contributed by atoms with Crippen LogP contribution in [0.5, 0.6) is 5.75 Å². The summed E-state index contributed by atoms with van der Waals surface area (Å²) in [7, 11) is 1.71. The van der Waals surface area contributed by atoms with E-state index in [0.717, 1.165) is 17.7 Å². The number of hydrogen-bond acceptors (Lipinski definition) is 3. The van der Waals surface area contributed by atoms with Gasteiger partial charge < -0.3 is 15.4 Å². The smallest absolute Gasteiger partial charge is 0.191 e. The zero-order chi connectivity index (χ0) is 20.5. The lowest BCUT2D eigenvalue weighted by Crippen LogP contribution is -2.42. The number of guanidine groups is 1. The molecular formula is C22H27FIN5O. The third kappa shape index (κ3) is 7.01. The highest BCUT2D eigenvalue weighted by Crippen LogP contribution is 2.16. The number of hydrogen-bond donors (Lipinski definition) is 2. The molecule has 0 fully saturated rings. The predicted molar refractivity (Wildman–Crippen MR) is 129 cm³/mol. The van der Waals surface area contributed by atoms with Crippen molar-refractivity contribution in [2.45, 2.75) is 19.4 Å². The highest BCUT2D eigenvalue weighted by atomic mass is 127. The van der Waals surface area contributed by atoms with E-state index in [1.54, 1.807) is 25.2 Å². The number of benzene rings is 2. The summed E-state index contributed by atoms with van der Waals surface area (Å²) in [5.41, 5.74) is 2.17. The largest absolute Gasteiger partial charge is 0.486 e.